The molecule has 2 atom stereocenters. The predicted octanol–water partition coefficient (Wildman–Crippen LogP) is 10.8. The van der Waals surface area contributed by atoms with Crippen molar-refractivity contribution in [1.82, 2.24) is 0 Å². The van der Waals surface area contributed by atoms with Crippen LogP contribution in [0.3, 0.4) is 0 Å². The topological polar surface area (TPSA) is 140 Å². The van der Waals surface area contributed by atoms with E-state index in [1.54, 1.807) is 6.08 Å². The summed E-state index contributed by atoms with van der Waals surface area (Å²) in [5.41, 5.74) is 0. The van der Waals surface area contributed by atoms with Crippen LogP contribution in [-0.4, -0.2) is 52.3 Å². The number of unbranched alkanes of at least 4 members (excludes halogenated alkanes) is 15. The number of hydrogen-bond acceptors (Lipinski definition) is 7. The van der Waals surface area contributed by atoms with Crippen molar-refractivity contribution in [2.75, 3.05) is 13.2 Å². The number of carbonyl (C=O) groups excluding carboxylic acids is 2. The van der Waals surface area contributed by atoms with Crippen LogP contribution in [-0.2, 0) is 28.2 Å². The summed E-state index contributed by atoms with van der Waals surface area (Å²) in [4.78, 5) is 42.7. The second-order valence-electron chi connectivity index (χ2n) is 13.9. The number of hydrogen-bond donors (Lipinski definition) is 3. The molecule has 9 nitrogen and oxygen atoms in total. The summed E-state index contributed by atoms with van der Waals surface area (Å²) < 4.78 is 26.3. The van der Waals surface area contributed by atoms with E-state index in [-0.39, 0.29) is 19.4 Å². The van der Waals surface area contributed by atoms with Crippen LogP contribution in [0.25, 0.3) is 0 Å². The van der Waals surface area contributed by atoms with Gasteiger partial charge in [-0.2, -0.15) is 0 Å². The first-order chi connectivity index (χ1) is 24.5. The van der Waals surface area contributed by atoms with Crippen molar-refractivity contribution >= 4 is 19.8 Å². The van der Waals surface area contributed by atoms with Gasteiger partial charge >= 0.3 is 19.8 Å². The minimum absolute atomic E-state index is 0.102. The summed E-state index contributed by atoms with van der Waals surface area (Å²) in [5, 5.41) is 10.0. The molecule has 10 heteroatoms. The Bertz CT molecular complexity index is 999. The van der Waals surface area contributed by atoms with E-state index in [1.165, 1.54) is 77.0 Å². The van der Waals surface area contributed by atoms with Crippen molar-refractivity contribution in [2.45, 2.75) is 181 Å². The molecule has 0 saturated carbocycles. The highest BCUT2D eigenvalue weighted by molar-refractivity contribution is 7.46. The van der Waals surface area contributed by atoms with E-state index in [9.17, 15) is 19.3 Å². The van der Waals surface area contributed by atoms with Gasteiger partial charge in [-0.1, -0.05) is 159 Å². The Morgan fingerprint density at radius 3 is 1.88 bits per heavy atom. The number of aliphatic hydroxyl groups excluding tert-OH is 1. The standard InChI is InChI=1S/C41H73O9P/c1-4-5-6-7-15-21-26-31-38(42)32-27-22-17-14-19-24-29-34-41(44)50-39(36-49-51(45,46)47)35-48-40(43)33-28-23-18-13-11-9-8-10-12-16-20-25-30-37(2)3/h14-15,19,21-22,26-27,31,37-39,42H,4-13,16-18,20,23-25,28-30,32-36H2,1-3H3,(H2,45,46,47)/b19-14+,21-15-,27-22-,31-26-/t38-,39+/m0/s1. The van der Waals surface area contributed by atoms with Gasteiger partial charge in [-0.3, -0.25) is 14.1 Å². The van der Waals surface area contributed by atoms with Crippen LogP contribution in [0.2, 0.25) is 0 Å². The number of carbonyl (C=O) groups is 2. The molecule has 0 radical (unpaired) electrons. The van der Waals surface area contributed by atoms with Gasteiger partial charge in [0.05, 0.1) is 12.7 Å². The Balaban J connectivity index is 4.11. The molecule has 0 aliphatic heterocycles. The van der Waals surface area contributed by atoms with Gasteiger partial charge in [-0.15, -0.1) is 0 Å². The zero-order valence-corrected chi connectivity index (χ0v) is 33.2. The predicted molar refractivity (Wildman–Crippen MR) is 208 cm³/mol. The van der Waals surface area contributed by atoms with Gasteiger partial charge in [0.15, 0.2) is 6.10 Å². The zero-order valence-electron chi connectivity index (χ0n) is 32.3. The number of aliphatic hydroxyl groups is 1. The summed E-state index contributed by atoms with van der Waals surface area (Å²) in [6.07, 6.45) is 37.2. The van der Waals surface area contributed by atoms with Gasteiger partial charge in [-0.05, 0) is 50.9 Å². The third kappa shape index (κ3) is 39.0. The smallest absolute Gasteiger partial charge is 0.462 e. The molecule has 0 amide bonds. The first-order valence-electron chi connectivity index (χ1n) is 19.9. The molecule has 0 fully saturated rings. The first kappa shape index (κ1) is 49.0. The van der Waals surface area contributed by atoms with Crippen molar-refractivity contribution in [1.29, 1.82) is 0 Å². The summed E-state index contributed by atoms with van der Waals surface area (Å²) in [7, 11) is -4.78. The molecule has 0 spiro atoms. The number of phosphoric ester groups is 1. The molecule has 296 valence electrons. The minimum Gasteiger partial charge on any atom is -0.462 e. The van der Waals surface area contributed by atoms with Crippen molar-refractivity contribution < 1.29 is 43.0 Å². The minimum atomic E-state index is -4.78. The maximum absolute atomic E-state index is 12.4. The van der Waals surface area contributed by atoms with Crippen molar-refractivity contribution in [2.24, 2.45) is 5.92 Å². The van der Waals surface area contributed by atoms with Gasteiger partial charge in [0, 0.05) is 12.8 Å². The molecule has 0 aliphatic carbocycles. The lowest BCUT2D eigenvalue weighted by atomic mass is 10.0. The normalized spacial score (nSPS) is 13.7. The van der Waals surface area contributed by atoms with Crippen molar-refractivity contribution in [3.63, 3.8) is 0 Å². The summed E-state index contributed by atoms with van der Waals surface area (Å²) in [6, 6.07) is 0. The largest absolute Gasteiger partial charge is 0.469 e. The van der Waals surface area contributed by atoms with Crippen molar-refractivity contribution in [3.05, 3.63) is 48.6 Å². The fourth-order valence-corrected chi connectivity index (χ4v) is 5.70. The number of ether oxygens (including phenoxy) is 2. The SMILES string of the molecule is CCCCC/C=C\C=C/[C@H](O)C/C=C\C/C=C/CCCC(=O)O[C@H](COC(=O)CCCCCCCCCCCCCCC(C)C)COP(=O)(O)O. The van der Waals surface area contributed by atoms with Crippen molar-refractivity contribution in [3.8, 4) is 0 Å². The molecule has 0 aromatic heterocycles. The molecule has 0 aromatic carbocycles. The fraction of sp³-hybridized carbons (Fsp3) is 0.756. The molecule has 51 heavy (non-hydrogen) atoms. The fourth-order valence-electron chi connectivity index (χ4n) is 5.34. The van der Waals surface area contributed by atoms with E-state index in [2.05, 4.69) is 31.4 Å². The van der Waals surface area contributed by atoms with Crippen LogP contribution in [0.15, 0.2) is 48.6 Å². The number of esters is 2. The van der Waals surface area contributed by atoms with E-state index >= 15 is 0 Å². The van der Waals surface area contributed by atoms with E-state index in [4.69, 9.17) is 19.3 Å². The quantitative estimate of drug-likeness (QED) is 0.0190. The average Bonchev–Trinajstić information content (AvgIpc) is 3.07. The second kappa shape index (κ2) is 35.0. The highest BCUT2D eigenvalue weighted by Gasteiger charge is 2.22. The molecule has 0 aromatic rings. The van der Waals surface area contributed by atoms with Crippen LogP contribution in [0.4, 0.5) is 0 Å². The van der Waals surface area contributed by atoms with E-state index < -0.39 is 38.6 Å². The van der Waals surface area contributed by atoms with E-state index in [1.807, 2.05) is 36.5 Å². The molecular formula is C41H73O9P. The van der Waals surface area contributed by atoms with E-state index in [0.717, 1.165) is 31.6 Å². The van der Waals surface area contributed by atoms with Gasteiger partial charge < -0.3 is 24.4 Å². The Labute approximate surface area is 310 Å². The molecule has 0 rings (SSSR count). The average molecular weight is 741 g/mol. The molecule has 0 unspecified atom stereocenters. The van der Waals surface area contributed by atoms with Crippen LogP contribution in [0.1, 0.15) is 168 Å². The monoisotopic (exact) mass is 740 g/mol. The number of rotatable bonds is 35. The lowest BCUT2D eigenvalue weighted by Gasteiger charge is -2.18. The first-order valence-corrected chi connectivity index (χ1v) is 21.4. The lowest BCUT2D eigenvalue weighted by molar-refractivity contribution is -0.161. The summed E-state index contributed by atoms with van der Waals surface area (Å²) in [5.74, 6) is -0.180. The van der Waals surface area contributed by atoms with Gasteiger partial charge in [0.1, 0.15) is 6.61 Å². The highest BCUT2D eigenvalue weighted by Crippen LogP contribution is 2.36. The van der Waals surface area contributed by atoms with E-state index in [0.29, 0.717) is 32.1 Å². The molecule has 0 heterocycles. The van der Waals surface area contributed by atoms with Crippen LogP contribution >= 0.6 is 7.82 Å². The molecular weight excluding hydrogens is 667 g/mol. The second-order valence-corrected chi connectivity index (χ2v) is 15.2. The van der Waals surface area contributed by atoms with Crippen LogP contribution < -0.4 is 0 Å². The Morgan fingerprint density at radius 1 is 0.667 bits per heavy atom. The highest BCUT2D eigenvalue weighted by atomic mass is 31.2. The Kier molecular flexibility index (Phi) is 33.6. The molecule has 3 N–H and O–H groups in total. The Morgan fingerprint density at radius 2 is 1.25 bits per heavy atom. The number of allylic oxidation sites excluding steroid dienone is 6. The maximum atomic E-state index is 12.4. The zero-order chi connectivity index (χ0) is 37.8. The number of phosphoric acid groups is 1. The Hall–Kier alpha value is -2.03. The lowest BCUT2D eigenvalue weighted by Crippen LogP contribution is -2.29. The van der Waals surface area contributed by atoms with Gasteiger partial charge in [-0.25, -0.2) is 4.57 Å². The van der Waals surface area contributed by atoms with Gasteiger partial charge in [0.25, 0.3) is 0 Å². The summed E-state index contributed by atoms with van der Waals surface area (Å²) in [6.45, 7) is 5.86. The third-order valence-electron chi connectivity index (χ3n) is 8.36. The molecule has 0 bridgehead atoms. The van der Waals surface area contributed by atoms with Crippen LogP contribution in [0, 0.1) is 5.92 Å². The van der Waals surface area contributed by atoms with Gasteiger partial charge in [0.2, 0.25) is 0 Å². The molecule has 0 saturated heterocycles. The molecule has 0 aliphatic rings. The summed E-state index contributed by atoms with van der Waals surface area (Å²) >= 11 is 0. The third-order valence-corrected chi connectivity index (χ3v) is 8.84. The van der Waals surface area contributed by atoms with Crippen LogP contribution in [0.5, 0.6) is 0 Å². The maximum Gasteiger partial charge on any atom is 0.469 e.